The van der Waals surface area contributed by atoms with Crippen molar-refractivity contribution in [3.8, 4) is 5.82 Å². The molecule has 3 rings (SSSR count). The lowest BCUT2D eigenvalue weighted by Crippen LogP contribution is -2.41. The number of ether oxygens (including phenoxy) is 1. The third kappa shape index (κ3) is 6.86. The standard InChI is InChI=1S/C19H13Cl2F3N6O4.C2H6/c1-34-18(33)28-27-16(31)10-7-9(20)4-5-12(10)26-17(32)13-8-14(19(22,23)24)29-30(13)15-11(21)3-2-6-25-15;1-2/h2-8H,1H3,(H,26,32)(H,27,31)(H,28,33);1-2H3. The molecule has 3 aromatic rings. The molecule has 0 bridgehead atoms. The largest absolute Gasteiger partial charge is 0.452 e. The zero-order valence-electron chi connectivity index (χ0n) is 18.9. The number of methoxy groups -OCH3 is 1. The van der Waals surface area contributed by atoms with Crippen LogP contribution in [0.25, 0.3) is 5.82 Å². The van der Waals surface area contributed by atoms with E-state index in [4.69, 9.17) is 23.2 Å². The van der Waals surface area contributed by atoms with Crippen molar-refractivity contribution in [3.05, 3.63) is 69.6 Å². The lowest BCUT2D eigenvalue weighted by molar-refractivity contribution is -0.141. The molecule has 192 valence electrons. The Morgan fingerprint density at radius 1 is 1.03 bits per heavy atom. The smallest absolute Gasteiger partial charge is 0.435 e. The lowest BCUT2D eigenvalue weighted by atomic mass is 10.1. The predicted molar refractivity (Wildman–Crippen MR) is 125 cm³/mol. The van der Waals surface area contributed by atoms with Crippen LogP contribution in [0.5, 0.6) is 0 Å². The van der Waals surface area contributed by atoms with E-state index in [2.05, 4.69) is 20.1 Å². The number of carbonyl (C=O) groups excluding carboxylic acids is 3. The van der Waals surface area contributed by atoms with Crippen molar-refractivity contribution in [2.75, 3.05) is 12.4 Å². The molecule has 0 aliphatic heterocycles. The van der Waals surface area contributed by atoms with Crippen molar-refractivity contribution in [1.82, 2.24) is 25.6 Å². The number of rotatable bonds is 4. The van der Waals surface area contributed by atoms with E-state index in [1.807, 2.05) is 24.7 Å². The molecule has 0 aliphatic rings. The molecule has 0 radical (unpaired) electrons. The lowest BCUT2D eigenvalue weighted by Gasteiger charge is -2.13. The highest BCUT2D eigenvalue weighted by atomic mass is 35.5. The molecule has 1 aromatic carbocycles. The summed E-state index contributed by atoms with van der Waals surface area (Å²) in [6.45, 7) is 4.00. The second-order valence-corrected chi connectivity index (χ2v) is 7.19. The molecule has 36 heavy (non-hydrogen) atoms. The van der Waals surface area contributed by atoms with Crippen LogP contribution in [-0.2, 0) is 10.9 Å². The van der Waals surface area contributed by atoms with Crippen LogP contribution in [0.3, 0.4) is 0 Å². The van der Waals surface area contributed by atoms with Crippen LogP contribution in [0.1, 0.15) is 40.4 Å². The molecule has 0 saturated carbocycles. The first-order chi connectivity index (χ1) is 17.0. The first-order valence-electron chi connectivity index (χ1n) is 10.0. The topological polar surface area (TPSA) is 127 Å². The van der Waals surface area contributed by atoms with Crippen LogP contribution in [-0.4, -0.2) is 39.8 Å². The molecule has 10 nitrogen and oxygen atoms in total. The third-order valence-corrected chi connectivity index (χ3v) is 4.64. The first-order valence-corrected chi connectivity index (χ1v) is 10.8. The first kappa shape index (κ1) is 28.4. The van der Waals surface area contributed by atoms with E-state index >= 15 is 0 Å². The fourth-order valence-electron chi connectivity index (χ4n) is 2.60. The van der Waals surface area contributed by atoms with Gasteiger partial charge in [0.25, 0.3) is 11.8 Å². The number of benzene rings is 1. The molecule has 0 unspecified atom stereocenters. The second-order valence-electron chi connectivity index (χ2n) is 6.35. The highest BCUT2D eigenvalue weighted by Crippen LogP contribution is 2.31. The van der Waals surface area contributed by atoms with Gasteiger partial charge in [0.2, 0.25) is 0 Å². The van der Waals surface area contributed by atoms with Crippen molar-refractivity contribution in [2.45, 2.75) is 20.0 Å². The average Bonchev–Trinajstić information content (AvgIpc) is 3.31. The van der Waals surface area contributed by atoms with Gasteiger partial charge in [0.05, 0.1) is 23.4 Å². The van der Waals surface area contributed by atoms with Gasteiger partial charge >= 0.3 is 12.3 Å². The number of alkyl halides is 3. The molecule has 2 aromatic heterocycles. The number of carbonyl (C=O) groups is 3. The summed E-state index contributed by atoms with van der Waals surface area (Å²) in [5.41, 5.74) is 1.69. The van der Waals surface area contributed by atoms with Gasteiger partial charge in [-0.1, -0.05) is 37.0 Å². The fraction of sp³-hybridized carbons (Fsp3) is 0.190. The van der Waals surface area contributed by atoms with E-state index in [0.717, 1.165) is 7.11 Å². The van der Waals surface area contributed by atoms with E-state index < -0.39 is 35.5 Å². The minimum atomic E-state index is -4.87. The molecule has 15 heteroatoms. The van der Waals surface area contributed by atoms with Crippen LogP contribution in [0, 0.1) is 0 Å². The summed E-state index contributed by atoms with van der Waals surface area (Å²) in [6.07, 6.45) is -4.59. The maximum atomic E-state index is 13.3. The van der Waals surface area contributed by atoms with E-state index in [0.29, 0.717) is 10.7 Å². The fourth-order valence-corrected chi connectivity index (χ4v) is 2.98. The summed E-state index contributed by atoms with van der Waals surface area (Å²) in [7, 11) is 1.07. The summed E-state index contributed by atoms with van der Waals surface area (Å²) in [6, 6.07) is 7.05. The number of aromatic nitrogens is 3. The SMILES string of the molecule is CC.COC(=O)NNC(=O)c1cc(Cl)ccc1NC(=O)c1cc(C(F)(F)F)nn1-c1ncccc1Cl. The molecule has 0 fully saturated rings. The zero-order valence-corrected chi connectivity index (χ0v) is 20.4. The Labute approximate surface area is 212 Å². The number of halogens is 5. The van der Waals surface area contributed by atoms with Gasteiger partial charge in [-0.15, -0.1) is 0 Å². The van der Waals surface area contributed by atoms with Crippen molar-refractivity contribution in [3.63, 3.8) is 0 Å². The van der Waals surface area contributed by atoms with Crippen molar-refractivity contribution in [1.29, 1.82) is 0 Å². The Balaban J connectivity index is 0.00000222. The highest BCUT2D eigenvalue weighted by molar-refractivity contribution is 6.32. The quantitative estimate of drug-likeness (QED) is 0.400. The number of hydrogen-bond acceptors (Lipinski definition) is 6. The van der Waals surface area contributed by atoms with Gasteiger partial charge in [-0.2, -0.15) is 18.3 Å². The maximum Gasteiger partial charge on any atom is 0.435 e. The second kappa shape index (κ2) is 12.2. The summed E-state index contributed by atoms with van der Waals surface area (Å²) < 4.78 is 44.9. The summed E-state index contributed by atoms with van der Waals surface area (Å²) in [5, 5.41) is 5.80. The van der Waals surface area contributed by atoms with Crippen LogP contribution in [0.2, 0.25) is 10.0 Å². The molecule has 0 aliphatic carbocycles. The Bertz CT molecular complexity index is 1270. The summed E-state index contributed by atoms with van der Waals surface area (Å²) in [5.74, 6) is -2.19. The van der Waals surface area contributed by atoms with E-state index in [1.165, 1.54) is 36.5 Å². The van der Waals surface area contributed by atoms with Gasteiger partial charge in [-0.05, 0) is 30.3 Å². The number of hydrazine groups is 1. The number of pyridine rings is 1. The molecule has 0 saturated heterocycles. The summed E-state index contributed by atoms with van der Waals surface area (Å²) >= 11 is 11.9. The van der Waals surface area contributed by atoms with Crippen LogP contribution in [0.4, 0.5) is 23.7 Å². The normalized spacial score (nSPS) is 10.6. The number of hydrogen-bond donors (Lipinski definition) is 3. The zero-order chi connectivity index (χ0) is 27.0. The van der Waals surface area contributed by atoms with Crippen molar-refractivity contribution < 1.29 is 32.3 Å². The monoisotopic (exact) mass is 546 g/mol. The van der Waals surface area contributed by atoms with Crippen LogP contribution >= 0.6 is 23.2 Å². The third-order valence-electron chi connectivity index (χ3n) is 4.11. The minimum absolute atomic E-state index is 0.0613. The molecule has 0 atom stereocenters. The Kier molecular flexibility index (Phi) is 9.64. The van der Waals surface area contributed by atoms with Gasteiger partial charge in [0.15, 0.2) is 11.5 Å². The van der Waals surface area contributed by atoms with Crippen LogP contribution in [0.15, 0.2) is 42.6 Å². The van der Waals surface area contributed by atoms with Crippen molar-refractivity contribution in [2.24, 2.45) is 0 Å². The van der Waals surface area contributed by atoms with Gasteiger partial charge < -0.3 is 10.1 Å². The molecule has 3 N–H and O–H groups in total. The van der Waals surface area contributed by atoms with Crippen LogP contribution < -0.4 is 16.2 Å². The van der Waals surface area contributed by atoms with E-state index in [-0.39, 0.29) is 27.1 Å². The van der Waals surface area contributed by atoms with Gasteiger partial charge in [-0.3, -0.25) is 15.0 Å². The van der Waals surface area contributed by atoms with E-state index in [9.17, 15) is 27.6 Å². The molecule has 0 spiro atoms. The van der Waals surface area contributed by atoms with Crippen molar-refractivity contribution >= 4 is 46.8 Å². The number of nitrogens with zero attached hydrogens (tertiary/aromatic N) is 3. The molecule has 3 amide bonds. The van der Waals surface area contributed by atoms with Gasteiger partial charge in [0, 0.05) is 17.3 Å². The number of nitrogens with one attached hydrogen (secondary N) is 3. The highest BCUT2D eigenvalue weighted by Gasteiger charge is 2.36. The molecular weight excluding hydrogens is 528 g/mol. The average molecular weight is 547 g/mol. The predicted octanol–water partition coefficient (Wildman–Crippen LogP) is 4.87. The summed E-state index contributed by atoms with van der Waals surface area (Å²) in [4.78, 5) is 40.5. The Morgan fingerprint density at radius 2 is 1.72 bits per heavy atom. The van der Waals surface area contributed by atoms with Gasteiger partial charge in [0.1, 0.15) is 5.69 Å². The molecular formula is C21H19Cl2F3N6O4. The maximum absolute atomic E-state index is 13.3. The minimum Gasteiger partial charge on any atom is -0.452 e. The molecule has 2 heterocycles. The van der Waals surface area contributed by atoms with E-state index in [1.54, 1.807) is 0 Å². The Morgan fingerprint density at radius 3 is 2.33 bits per heavy atom. The van der Waals surface area contributed by atoms with Gasteiger partial charge in [-0.25, -0.2) is 19.9 Å². The number of anilines is 1. The number of amides is 3. The Hall–Kier alpha value is -3.84.